The number of ether oxygens (including phenoxy) is 1. The molecule has 2 rings (SSSR count). The Morgan fingerprint density at radius 2 is 1.95 bits per heavy atom. The second-order valence-electron chi connectivity index (χ2n) is 5.35. The van der Waals surface area contributed by atoms with Crippen molar-refractivity contribution < 1.29 is 4.74 Å². The smallest absolute Gasteiger partial charge is 0.323 e. The molecular weight excluding hydrogens is 242 g/mol. The van der Waals surface area contributed by atoms with Gasteiger partial charge in [-0.2, -0.15) is 15.0 Å². The molecule has 1 aliphatic rings. The molecule has 1 heterocycles. The molecule has 0 atom stereocenters. The van der Waals surface area contributed by atoms with E-state index < -0.39 is 0 Å². The Hall–Kier alpha value is -1.59. The fourth-order valence-corrected chi connectivity index (χ4v) is 2.34. The summed E-state index contributed by atoms with van der Waals surface area (Å²) >= 11 is 0. The van der Waals surface area contributed by atoms with Gasteiger partial charge in [0.2, 0.25) is 11.9 Å². The summed E-state index contributed by atoms with van der Waals surface area (Å²) in [5, 5.41) is 3.25. The molecule has 0 aromatic carbocycles. The monoisotopic (exact) mass is 265 g/mol. The molecule has 6 heteroatoms. The van der Waals surface area contributed by atoms with Crippen molar-refractivity contribution in [3.63, 3.8) is 0 Å². The number of hydrogen-bond acceptors (Lipinski definition) is 6. The number of hydrogen-bond donors (Lipinski definition) is 2. The molecule has 6 nitrogen and oxygen atoms in total. The Balaban J connectivity index is 1.93. The highest BCUT2D eigenvalue weighted by atomic mass is 16.5. The third-order valence-corrected chi connectivity index (χ3v) is 3.25. The van der Waals surface area contributed by atoms with Crippen LogP contribution in [0.5, 0.6) is 6.01 Å². The maximum absolute atomic E-state index is 5.66. The fourth-order valence-electron chi connectivity index (χ4n) is 2.34. The van der Waals surface area contributed by atoms with Gasteiger partial charge in [-0.05, 0) is 32.6 Å². The largest absolute Gasteiger partial charge is 0.461 e. The molecular formula is C13H23N5O. The van der Waals surface area contributed by atoms with Gasteiger partial charge in [-0.15, -0.1) is 0 Å². The number of rotatable bonds is 5. The topological polar surface area (TPSA) is 86.0 Å². The summed E-state index contributed by atoms with van der Waals surface area (Å²) < 4.78 is 5.45. The number of nitrogens with zero attached hydrogens (tertiary/aromatic N) is 3. The molecule has 0 saturated heterocycles. The summed E-state index contributed by atoms with van der Waals surface area (Å²) in [6.45, 7) is 4.74. The number of nitrogens with one attached hydrogen (secondary N) is 1. The molecule has 1 saturated carbocycles. The van der Waals surface area contributed by atoms with Crippen LogP contribution in [-0.4, -0.2) is 27.6 Å². The van der Waals surface area contributed by atoms with Crippen molar-refractivity contribution >= 4 is 11.9 Å². The lowest BCUT2D eigenvalue weighted by atomic mass is 9.89. The molecule has 1 fully saturated rings. The predicted molar refractivity (Wildman–Crippen MR) is 75.1 cm³/mol. The first-order valence-electron chi connectivity index (χ1n) is 7.05. The number of anilines is 2. The van der Waals surface area contributed by atoms with Gasteiger partial charge < -0.3 is 15.8 Å². The zero-order valence-corrected chi connectivity index (χ0v) is 11.7. The lowest BCUT2D eigenvalue weighted by Gasteiger charge is -2.21. The normalized spacial score (nSPS) is 16.6. The van der Waals surface area contributed by atoms with Gasteiger partial charge in [-0.3, -0.25) is 0 Å². The van der Waals surface area contributed by atoms with Crippen molar-refractivity contribution in [2.24, 2.45) is 5.92 Å². The summed E-state index contributed by atoms with van der Waals surface area (Å²) in [6.07, 6.45) is 6.60. The van der Waals surface area contributed by atoms with E-state index in [2.05, 4.69) is 20.3 Å². The van der Waals surface area contributed by atoms with Crippen molar-refractivity contribution in [3.05, 3.63) is 0 Å². The second-order valence-corrected chi connectivity index (χ2v) is 5.35. The zero-order chi connectivity index (χ0) is 13.7. The highest BCUT2D eigenvalue weighted by Gasteiger charge is 2.14. The van der Waals surface area contributed by atoms with Crippen molar-refractivity contribution in [1.82, 2.24) is 15.0 Å². The molecule has 19 heavy (non-hydrogen) atoms. The minimum Gasteiger partial charge on any atom is -0.461 e. The molecule has 3 N–H and O–H groups in total. The van der Waals surface area contributed by atoms with Crippen LogP contribution in [0.4, 0.5) is 11.9 Å². The van der Waals surface area contributed by atoms with Gasteiger partial charge in [0.15, 0.2) is 0 Å². The van der Waals surface area contributed by atoms with Crippen LogP contribution in [0, 0.1) is 5.92 Å². The Morgan fingerprint density at radius 3 is 2.63 bits per heavy atom. The Bertz CT molecular complexity index is 404. The van der Waals surface area contributed by atoms with Crippen molar-refractivity contribution in [2.75, 3.05) is 17.6 Å². The van der Waals surface area contributed by atoms with Crippen LogP contribution < -0.4 is 15.8 Å². The summed E-state index contributed by atoms with van der Waals surface area (Å²) in [5.41, 5.74) is 5.66. The average Bonchev–Trinajstić information content (AvgIpc) is 2.36. The van der Waals surface area contributed by atoms with E-state index in [0.717, 1.165) is 6.54 Å². The molecule has 0 spiro atoms. The van der Waals surface area contributed by atoms with Crippen LogP contribution in [0.2, 0.25) is 0 Å². The number of nitrogens with two attached hydrogens (primary N) is 1. The van der Waals surface area contributed by atoms with Gasteiger partial charge in [0.1, 0.15) is 0 Å². The van der Waals surface area contributed by atoms with Gasteiger partial charge in [0.05, 0.1) is 6.10 Å². The maximum Gasteiger partial charge on any atom is 0.323 e. The van der Waals surface area contributed by atoms with E-state index in [4.69, 9.17) is 10.5 Å². The Kier molecular flexibility index (Phi) is 4.76. The molecule has 0 unspecified atom stereocenters. The molecule has 1 aromatic heterocycles. The molecule has 1 aliphatic carbocycles. The Morgan fingerprint density at radius 1 is 1.21 bits per heavy atom. The van der Waals surface area contributed by atoms with Gasteiger partial charge in [0, 0.05) is 6.54 Å². The van der Waals surface area contributed by atoms with Gasteiger partial charge >= 0.3 is 6.01 Å². The first kappa shape index (κ1) is 13.8. The minimum atomic E-state index is 0.0213. The molecule has 0 aliphatic heterocycles. The summed E-state index contributed by atoms with van der Waals surface area (Å²) in [5.74, 6) is 1.41. The average molecular weight is 265 g/mol. The zero-order valence-electron chi connectivity index (χ0n) is 11.7. The summed E-state index contributed by atoms with van der Waals surface area (Å²) in [7, 11) is 0. The van der Waals surface area contributed by atoms with Crippen molar-refractivity contribution in [1.29, 1.82) is 0 Å². The van der Waals surface area contributed by atoms with E-state index in [9.17, 15) is 0 Å². The third-order valence-electron chi connectivity index (χ3n) is 3.25. The van der Waals surface area contributed by atoms with E-state index in [0.29, 0.717) is 11.9 Å². The van der Waals surface area contributed by atoms with E-state index in [-0.39, 0.29) is 18.1 Å². The van der Waals surface area contributed by atoms with Crippen LogP contribution in [0.15, 0.2) is 0 Å². The first-order chi connectivity index (χ1) is 9.13. The van der Waals surface area contributed by atoms with E-state index >= 15 is 0 Å². The van der Waals surface area contributed by atoms with E-state index in [1.165, 1.54) is 32.1 Å². The van der Waals surface area contributed by atoms with Crippen molar-refractivity contribution in [2.45, 2.75) is 52.1 Å². The van der Waals surface area contributed by atoms with Crippen molar-refractivity contribution in [3.8, 4) is 6.01 Å². The van der Waals surface area contributed by atoms with Crippen LogP contribution in [-0.2, 0) is 0 Å². The van der Waals surface area contributed by atoms with Crippen LogP contribution in [0.25, 0.3) is 0 Å². The van der Waals surface area contributed by atoms with E-state index in [1.807, 2.05) is 13.8 Å². The highest BCUT2D eigenvalue weighted by molar-refractivity contribution is 5.32. The number of aromatic nitrogens is 3. The molecule has 106 valence electrons. The Labute approximate surface area is 114 Å². The van der Waals surface area contributed by atoms with E-state index in [1.54, 1.807) is 0 Å². The summed E-state index contributed by atoms with van der Waals surface area (Å²) in [4.78, 5) is 12.3. The van der Waals surface area contributed by atoms with Gasteiger partial charge in [-0.25, -0.2) is 0 Å². The fraction of sp³-hybridized carbons (Fsp3) is 0.769. The lowest BCUT2D eigenvalue weighted by Crippen LogP contribution is -2.19. The lowest BCUT2D eigenvalue weighted by molar-refractivity contribution is 0.222. The second kappa shape index (κ2) is 6.54. The minimum absolute atomic E-state index is 0.0213. The predicted octanol–water partition coefficient (Wildman–Crippen LogP) is 2.23. The van der Waals surface area contributed by atoms with Gasteiger partial charge in [-0.1, -0.05) is 19.3 Å². The SMILES string of the molecule is CC(C)Oc1nc(N)nc(NCC2CCCCC2)n1. The maximum atomic E-state index is 5.66. The van der Waals surface area contributed by atoms with Crippen LogP contribution in [0.3, 0.4) is 0 Å². The quantitative estimate of drug-likeness (QED) is 0.849. The number of nitrogen functional groups attached to an aromatic ring is 1. The molecule has 0 amide bonds. The molecule has 0 radical (unpaired) electrons. The highest BCUT2D eigenvalue weighted by Crippen LogP contribution is 2.23. The standard InChI is InChI=1S/C13H23N5O/c1-9(2)19-13-17-11(14)16-12(18-13)15-8-10-6-4-3-5-7-10/h9-10H,3-8H2,1-2H3,(H3,14,15,16,17,18). The van der Waals surface area contributed by atoms with Crippen LogP contribution >= 0.6 is 0 Å². The molecule has 0 bridgehead atoms. The third kappa shape index (κ3) is 4.54. The van der Waals surface area contributed by atoms with Gasteiger partial charge in [0.25, 0.3) is 0 Å². The molecule has 1 aromatic rings. The summed E-state index contributed by atoms with van der Waals surface area (Å²) in [6, 6.07) is 0.286. The van der Waals surface area contributed by atoms with Crippen LogP contribution in [0.1, 0.15) is 46.0 Å². The first-order valence-corrected chi connectivity index (χ1v) is 7.05.